The molecule has 0 bridgehead atoms. The summed E-state index contributed by atoms with van der Waals surface area (Å²) in [6, 6.07) is 18.0. The maximum Gasteiger partial charge on any atom is 0.254 e. The quantitative estimate of drug-likeness (QED) is 0.429. The van der Waals surface area contributed by atoms with Crippen molar-refractivity contribution in [1.82, 2.24) is 9.80 Å². The minimum Gasteiger partial charge on any atom is -0.491 e. The van der Waals surface area contributed by atoms with E-state index in [1.807, 2.05) is 35.2 Å². The summed E-state index contributed by atoms with van der Waals surface area (Å²) in [4.78, 5) is 31.3. The van der Waals surface area contributed by atoms with Gasteiger partial charge < -0.3 is 19.3 Å². The highest BCUT2D eigenvalue weighted by atomic mass is 35.5. The highest BCUT2D eigenvalue weighted by Crippen LogP contribution is 2.34. The van der Waals surface area contributed by atoms with Crippen LogP contribution in [0.2, 0.25) is 5.02 Å². The van der Waals surface area contributed by atoms with Gasteiger partial charge in [-0.15, -0.1) is 11.3 Å². The lowest BCUT2D eigenvalue weighted by atomic mass is 10.0. The minimum absolute atomic E-state index is 0.0198. The Bertz CT molecular complexity index is 1100. The zero-order valence-corrected chi connectivity index (χ0v) is 20.6. The lowest BCUT2D eigenvalue weighted by molar-refractivity contribution is -0.135. The van der Waals surface area contributed by atoms with Crippen molar-refractivity contribution in [2.75, 3.05) is 40.0 Å². The lowest BCUT2D eigenvalue weighted by Crippen LogP contribution is -2.48. The molecule has 0 saturated carbocycles. The number of fused-ring (bicyclic) bond motifs is 1. The van der Waals surface area contributed by atoms with Gasteiger partial charge in [-0.2, -0.15) is 0 Å². The first-order valence-electron chi connectivity index (χ1n) is 11.1. The summed E-state index contributed by atoms with van der Waals surface area (Å²) < 4.78 is 11.2. The van der Waals surface area contributed by atoms with Gasteiger partial charge in [-0.1, -0.05) is 29.8 Å². The molecule has 1 aliphatic rings. The van der Waals surface area contributed by atoms with Crippen molar-refractivity contribution >= 4 is 34.8 Å². The van der Waals surface area contributed by atoms with Gasteiger partial charge in [-0.25, -0.2) is 0 Å². The monoisotopic (exact) mass is 498 g/mol. The Kier molecular flexibility index (Phi) is 8.21. The molecule has 1 atom stereocenters. The first kappa shape index (κ1) is 24.3. The van der Waals surface area contributed by atoms with Crippen molar-refractivity contribution in [2.45, 2.75) is 12.5 Å². The summed E-state index contributed by atoms with van der Waals surface area (Å²) in [6.07, 6.45) is 0.793. The first-order valence-corrected chi connectivity index (χ1v) is 12.4. The molecule has 0 aliphatic carbocycles. The van der Waals surface area contributed by atoms with E-state index in [9.17, 15) is 9.59 Å². The van der Waals surface area contributed by atoms with E-state index in [0.29, 0.717) is 42.6 Å². The molecule has 4 rings (SSSR count). The second-order valence-electron chi connectivity index (χ2n) is 8.00. The van der Waals surface area contributed by atoms with Crippen molar-refractivity contribution in [2.24, 2.45) is 0 Å². The van der Waals surface area contributed by atoms with Gasteiger partial charge in [-0.3, -0.25) is 9.59 Å². The van der Waals surface area contributed by atoms with Crippen LogP contribution in [-0.4, -0.2) is 61.6 Å². The summed E-state index contributed by atoms with van der Waals surface area (Å²) in [6.45, 7) is 1.57. The molecule has 0 N–H and O–H groups in total. The molecule has 1 aliphatic heterocycles. The summed E-state index contributed by atoms with van der Waals surface area (Å²) in [5.41, 5.74) is 1.66. The van der Waals surface area contributed by atoms with Crippen molar-refractivity contribution < 1.29 is 19.1 Å². The molecule has 1 aromatic heterocycles. The molecular formula is C26H27ClN2O4S. The smallest absolute Gasteiger partial charge is 0.254 e. The Labute approximate surface area is 208 Å². The van der Waals surface area contributed by atoms with E-state index in [1.54, 1.807) is 47.6 Å². The fourth-order valence-electron chi connectivity index (χ4n) is 4.05. The largest absolute Gasteiger partial charge is 0.491 e. The van der Waals surface area contributed by atoms with Crippen LogP contribution < -0.4 is 4.74 Å². The van der Waals surface area contributed by atoms with E-state index in [0.717, 1.165) is 12.0 Å². The molecular weight excluding hydrogens is 472 g/mol. The van der Waals surface area contributed by atoms with E-state index < -0.39 is 0 Å². The van der Waals surface area contributed by atoms with Gasteiger partial charge in [-0.05, 0) is 59.8 Å². The molecule has 34 heavy (non-hydrogen) atoms. The average molecular weight is 499 g/mol. The summed E-state index contributed by atoms with van der Waals surface area (Å²) >= 11 is 7.69. The second-order valence-corrected chi connectivity index (χ2v) is 9.44. The molecule has 0 spiro atoms. The van der Waals surface area contributed by atoms with Gasteiger partial charge in [0.25, 0.3) is 5.91 Å². The van der Waals surface area contributed by atoms with E-state index in [4.69, 9.17) is 21.1 Å². The molecule has 0 fully saturated rings. The third-order valence-corrected chi connectivity index (χ3v) is 7.08. The number of hydrogen-bond donors (Lipinski definition) is 0. The molecule has 0 saturated heterocycles. The van der Waals surface area contributed by atoms with E-state index in [2.05, 4.69) is 11.4 Å². The molecule has 178 valence electrons. The predicted molar refractivity (Wildman–Crippen MR) is 134 cm³/mol. The number of carbonyl (C=O) groups is 2. The molecule has 8 heteroatoms. The number of hydrogen-bond acceptors (Lipinski definition) is 5. The number of thiophene rings is 1. The highest BCUT2D eigenvalue weighted by molar-refractivity contribution is 7.10. The number of carbonyl (C=O) groups excluding carboxylic acids is 2. The van der Waals surface area contributed by atoms with Gasteiger partial charge in [0.2, 0.25) is 5.91 Å². The van der Waals surface area contributed by atoms with E-state index >= 15 is 0 Å². The summed E-state index contributed by atoms with van der Waals surface area (Å²) in [7, 11) is 1.58. The van der Waals surface area contributed by atoms with Gasteiger partial charge in [0.15, 0.2) is 0 Å². The minimum atomic E-state index is -0.228. The van der Waals surface area contributed by atoms with Gasteiger partial charge in [0, 0.05) is 35.7 Å². The number of methoxy groups -OCH3 is 1. The zero-order valence-electron chi connectivity index (χ0n) is 19.0. The van der Waals surface area contributed by atoms with Crippen LogP contribution >= 0.6 is 22.9 Å². The summed E-state index contributed by atoms with van der Waals surface area (Å²) in [5.74, 6) is 0.398. The van der Waals surface area contributed by atoms with Crippen molar-refractivity contribution in [1.29, 1.82) is 0 Å². The number of benzene rings is 2. The van der Waals surface area contributed by atoms with Crippen LogP contribution in [0, 0.1) is 0 Å². The molecule has 3 aromatic rings. The van der Waals surface area contributed by atoms with Crippen LogP contribution in [0.4, 0.5) is 0 Å². The standard InChI is InChI=1S/C26H27ClN2O4S/c1-32-15-14-28(26(31)19-5-3-2-4-6-19)17-25(30)29-13-11-24-22(12-16-34-24)23(29)18-33-21-9-7-20(27)8-10-21/h2-10,12,16,23H,11,13-15,17-18H2,1H3. The van der Waals surface area contributed by atoms with Crippen LogP contribution in [0.15, 0.2) is 66.0 Å². The lowest BCUT2D eigenvalue weighted by Gasteiger charge is -2.37. The van der Waals surface area contributed by atoms with Crippen molar-refractivity contribution in [3.63, 3.8) is 0 Å². The van der Waals surface area contributed by atoms with Gasteiger partial charge in [0.05, 0.1) is 12.6 Å². The number of rotatable bonds is 9. The van der Waals surface area contributed by atoms with Crippen LogP contribution in [0.1, 0.15) is 26.8 Å². The average Bonchev–Trinajstić information content (AvgIpc) is 3.35. The van der Waals surface area contributed by atoms with Crippen LogP contribution in [0.5, 0.6) is 5.75 Å². The Morgan fingerprint density at radius 2 is 1.88 bits per heavy atom. The topological polar surface area (TPSA) is 59.1 Å². The van der Waals surface area contributed by atoms with Gasteiger partial charge in [0.1, 0.15) is 18.9 Å². The third-order valence-electron chi connectivity index (χ3n) is 5.84. The summed E-state index contributed by atoms with van der Waals surface area (Å²) in [5, 5.41) is 2.69. The fraction of sp³-hybridized carbons (Fsp3) is 0.308. The number of nitrogens with zero attached hydrogens (tertiary/aromatic N) is 2. The maximum atomic E-state index is 13.5. The van der Waals surface area contributed by atoms with Crippen molar-refractivity contribution in [3.8, 4) is 5.75 Å². The molecule has 6 nitrogen and oxygen atoms in total. The Morgan fingerprint density at radius 1 is 1.12 bits per heavy atom. The SMILES string of the molecule is COCCN(CC(=O)N1CCc2sccc2C1COc1ccc(Cl)cc1)C(=O)c1ccccc1. The molecule has 1 unspecified atom stereocenters. The first-order chi connectivity index (χ1) is 16.6. The number of ether oxygens (including phenoxy) is 2. The van der Waals surface area contributed by atoms with Crippen LogP contribution in [0.3, 0.4) is 0 Å². The Hall–Kier alpha value is -2.87. The van der Waals surface area contributed by atoms with E-state index in [1.165, 1.54) is 4.88 Å². The molecule has 2 aromatic carbocycles. The second kappa shape index (κ2) is 11.5. The van der Waals surface area contributed by atoms with E-state index in [-0.39, 0.29) is 24.4 Å². The zero-order chi connectivity index (χ0) is 23.9. The Balaban J connectivity index is 1.51. The molecule has 0 radical (unpaired) electrons. The number of halogens is 1. The van der Waals surface area contributed by atoms with Gasteiger partial charge >= 0.3 is 0 Å². The third kappa shape index (κ3) is 5.78. The predicted octanol–water partition coefficient (Wildman–Crippen LogP) is 4.70. The van der Waals surface area contributed by atoms with Crippen LogP contribution in [0.25, 0.3) is 0 Å². The molecule has 2 heterocycles. The van der Waals surface area contributed by atoms with Crippen LogP contribution in [-0.2, 0) is 16.0 Å². The number of amides is 2. The molecule has 2 amide bonds. The Morgan fingerprint density at radius 3 is 2.62 bits per heavy atom. The van der Waals surface area contributed by atoms with Crippen molar-refractivity contribution in [3.05, 3.63) is 87.1 Å². The normalized spacial score (nSPS) is 15.0. The fourth-order valence-corrected chi connectivity index (χ4v) is 5.11. The maximum absolute atomic E-state index is 13.5. The highest BCUT2D eigenvalue weighted by Gasteiger charge is 2.33.